The van der Waals surface area contributed by atoms with Gasteiger partial charge < -0.3 is 5.11 Å². The van der Waals surface area contributed by atoms with Crippen LogP contribution in [0.3, 0.4) is 0 Å². The maximum atomic E-state index is 11.1. The number of nitro benzene ring substituents is 1. The topological polar surface area (TPSA) is 92.5 Å². The first-order chi connectivity index (χ1) is 8.99. The molecule has 0 heterocycles. The number of hydrogen-bond acceptors (Lipinski definition) is 4. The van der Waals surface area contributed by atoms with Gasteiger partial charge in [-0.15, -0.1) is 0 Å². The molecule has 102 valence electrons. The third-order valence-electron chi connectivity index (χ3n) is 3.12. The molecule has 7 heteroatoms. The summed E-state index contributed by atoms with van der Waals surface area (Å²) in [4.78, 5) is 21.4. The number of rotatable bonds is 6. The van der Waals surface area contributed by atoms with Gasteiger partial charge in [0.1, 0.15) is 6.04 Å². The van der Waals surface area contributed by atoms with Crippen molar-refractivity contribution in [2.24, 2.45) is 5.92 Å². The molecule has 2 rings (SSSR count). The van der Waals surface area contributed by atoms with Gasteiger partial charge in [0.25, 0.3) is 5.69 Å². The molecule has 1 aromatic rings. The van der Waals surface area contributed by atoms with Crippen LogP contribution in [-0.2, 0) is 11.3 Å². The molecule has 1 unspecified atom stereocenters. The van der Waals surface area contributed by atoms with E-state index in [2.05, 4.69) is 5.32 Å². The summed E-state index contributed by atoms with van der Waals surface area (Å²) in [6, 6.07) is 3.72. The average molecular weight is 285 g/mol. The minimum Gasteiger partial charge on any atom is -0.480 e. The minimum atomic E-state index is -0.917. The largest absolute Gasteiger partial charge is 0.480 e. The van der Waals surface area contributed by atoms with Crippen molar-refractivity contribution >= 4 is 23.3 Å². The van der Waals surface area contributed by atoms with Gasteiger partial charge in [0.05, 0.1) is 4.92 Å². The molecule has 1 aliphatic carbocycles. The fourth-order valence-electron chi connectivity index (χ4n) is 1.96. The van der Waals surface area contributed by atoms with E-state index < -0.39 is 16.9 Å². The molecule has 0 aliphatic heterocycles. The molecule has 1 aliphatic rings. The second-order valence-electron chi connectivity index (χ2n) is 4.56. The van der Waals surface area contributed by atoms with Gasteiger partial charge in [0.15, 0.2) is 0 Å². The molecule has 0 saturated heterocycles. The van der Waals surface area contributed by atoms with E-state index in [-0.39, 0.29) is 23.2 Å². The predicted molar refractivity (Wildman–Crippen MR) is 69.1 cm³/mol. The van der Waals surface area contributed by atoms with Gasteiger partial charge in [-0.1, -0.05) is 11.6 Å². The van der Waals surface area contributed by atoms with Crippen molar-refractivity contribution in [2.45, 2.75) is 25.4 Å². The average Bonchev–Trinajstić information content (AvgIpc) is 3.14. The molecule has 2 N–H and O–H groups in total. The SMILES string of the molecule is O=C(O)C(NCc1ccc(Cl)cc1[N+](=O)[O-])C1CC1. The van der Waals surface area contributed by atoms with E-state index in [0.717, 1.165) is 12.8 Å². The number of nitro groups is 1. The summed E-state index contributed by atoms with van der Waals surface area (Å²) in [7, 11) is 0. The lowest BCUT2D eigenvalue weighted by molar-refractivity contribution is -0.385. The van der Waals surface area contributed by atoms with Gasteiger partial charge in [-0.25, -0.2) is 0 Å². The van der Waals surface area contributed by atoms with Crippen molar-refractivity contribution < 1.29 is 14.8 Å². The number of halogens is 1. The smallest absolute Gasteiger partial charge is 0.320 e. The Morgan fingerprint density at radius 1 is 1.58 bits per heavy atom. The van der Waals surface area contributed by atoms with Gasteiger partial charge in [0.2, 0.25) is 0 Å². The van der Waals surface area contributed by atoms with E-state index in [1.807, 2.05) is 0 Å². The molecule has 0 amide bonds. The van der Waals surface area contributed by atoms with E-state index in [1.54, 1.807) is 12.1 Å². The van der Waals surface area contributed by atoms with Crippen LogP contribution in [0.5, 0.6) is 0 Å². The zero-order valence-electron chi connectivity index (χ0n) is 10.0. The Hall–Kier alpha value is -1.66. The molecule has 1 aromatic carbocycles. The second-order valence-corrected chi connectivity index (χ2v) is 5.00. The van der Waals surface area contributed by atoms with Crippen molar-refractivity contribution in [1.82, 2.24) is 5.32 Å². The van der Waals surface area contributed by atoms with Crippen LogP contribution in [0.2, 0.25) is 5.02 Å². The highest BCUT2D eigenvalue weighted by atomic mass is 35.5. The standard InChI is InChI=1S/C12H13ClN2O4/c13-9-4-3-8(10(5-9)15(18)19)6-14-11(12(16)17)7-1-2-7/h3-5,7,11,14H,1-2,6H2,(H,16,17). The van der Waals surface area contributed by atoms with Gasteiger partial charge in [-0.3, -0.25) is 20.2 Å². The summed E-state index contributed by atoms with van der Waals surface area (Å²) >= 11 is 5.72. The maximum absolute atomic E-state index is 11.1. The first-order valence-corrected chi connectivity index (χ1v) is 6.26. The van der Waals surface area contributed by atoms with Gasteiger partial charge in [0, 0.05) is 23.2 Å². The first-order valence-electron chi connectivity index (χ1n) is 5.88. The fourth-order valence-corrected chi connectivity index (χ4v) is 2.13. The normalized spacial score (nSPS) is 16.1. The highest BCUT2D eigenvalue weighted by Gasteiger charge is 2.36. The molecule has 6 nitrogen and oxygen atoms in total. The van der Waals surface area contributed by atoms with Crippen LogP contribution in [0.15, 0.2) is 18.2 Å². The van der Waals surface area contributed by atoms with Crippen LogP contribution in [0.25, 0.3) is 0 Å². The summed E-state index contributed by atoms with van der Waals surface area (Å²) < 4.78 is 0. The molecule has 0 radical (unpaired) electrons. The highest BCUT2D eigenvalue weighted by Crippen LogP contribution is 2.33. The first kappa shape index (κ1) is 13.8. The summed E-state index contributed by atoms with van der Waals surface area (Å²) in [5, 5.41) is 23.1. The molecule has 1 atom stereocenters. The van der Waals surface area contributed by atoms with Crippen LogP contribution in [0.4, 0.5) is 5.69 Å². The van der Waals surface area contributed by atoms with Crippen molar-refractivity contribution in [3.8, 4) is 0 Å². The summed E-state index contributed by atoms with van der Waals surface area (Å²) in [5.74, 6) is -0.789. The predicted octanol–water partition coefficient (Wildman–Crippen LogP) is 2.20. The Morgan fingerprint density at radius 2 is 2.26 bits per heavy atom. The zero-order chi connectivity index (χ0) is 14.0. The number of aliphatic carboxylic acids is 1. The molecule has 19 heavy (non-hydrogen) atoms. The third kappa shape index (κ3) is 3.42. The molecule has 1 saturated carbocycles. The fraction of sp³-hybridized carbons (Fsp3) is 0.417. The number of carboxylic acids is 1. The van der Waals surface area contributed by atoms with E-state index in [9.17, 15) is 14.9 Å². The zero-order valence-corrected chi connectivity index (χ0v) is 10.8. The Labute approximate surface area is 114 Å². The van der Waals surface area contributed by atoms with E-state index >= 15 is 0 Å². The molecule has 0 aromatic heterocycles. The Kier molecular flexibility index (Phi) is 4.01. The van der Waals surface area contributed by atoms with Crippen LogP contribution in [-0.4, -0.2) is 22.0 Å². The molecule has 1 fully saturated rings. The van der Waals surface area contributed by atoms with Crippen LogP contribution in [0, 0.1) is 16.0 Å². The van der Waals surface area contributed by atoms with Crippen molar-refractivity contribution in [3.05, 3.63) is 38.9 Å². The van der Waals surface area contributed by atoms with Crippen molar-refractivity contribution in [3.63, 3.8) is 0 Å². The lowest BCUT2D eigenvalue weighted by Gasteiger charge is -2.13. The van der Waals surface area contributed by atoms with Crippen LogP contribution >= 0.6 is 11.6 Å². The van der Waals surface area contributed by atoms with Crippen LogP contribution < -0.4 is 5.32 Å². The van der Waals surface area contributed by atoms with Crippen molar-refractivity contribution in [2.75, 3.05) is 0 Å². The lowest BCUT2D eigenvalue weighted by Crippen LogP contribution is -2.38. The van der Waals surface area contributed by atoms with Gasteiger partial charge in [-0.2, -0.15) is 0 Å². The Bertz CT molecular complexity index is 516. The van der Waals surface area contributed by atoms with E-state index in [4.69, 9.17) is 16.7 Å². The number of hydrogen-bond donors (Lipinski definition) is 2. The minimum absolute atomic E-state index is 0.0973. The lowest BCUT2D eigenvalue weighted by atomic mass is 10.1. The number of benzene rings is 1. The molecule has 0 bridgehead atoms. The van der Waals surface area contributed by atoms with E-state index in [0.29, 0.717) is 5.56 Å². The number of nitrogens with one attached hydrogen (secondary N) is 1. The van der Waals surface area contributed by atoms with Crippen molar-refractivity contribution in [1.29, 1.82) is 0 Å². The highest BCUT2D eigenvalue weighted by molar-refractivity contribution is 6.30. The molecular weight excluding hydrogens is 272 g/mol. The second kappa shape index (κ2) is 5.54. The third-order valence-corrected chi connectivity index (χ3v) is 3.35. The Balaban J connectivity index is 2.10. The van der Waals surface area contributed by atoms with Crippen LogP contribution in [0.1, 0.15) is 18.4 Å². The summed E-state index contributed by atoms with van der Waals surface area (Å²) in [6.07, 6.45) is 1.76. The summed E-state index contributed by atoms with van der Waals surface area (Å²) in [5.41, 5.74) is 0.334. The maximum Gasteiger partial charge on any atom is 0.320 e. The summed E-state index contributed by atoms with van der Waals surface area (Å²) in [6.45, 7) is 0.140. The molecular formula is C12H13ClN2O4. The van der Waals surface area contributed by atoms with Gasteiger partial charge >= 0.3 is 5.97 Å². The number of carbonyl (C=O) groups is 1. The Morgan fingerprint density at radius 3 is 2.79 bits per heavy atom. The molecule has 0 spiro atoms. The number of carboxylic acid groups (broad SMARTS) is 1. The number of nitrogens with zero attached hydrogens (tertiary/aromatic N) is 1. The monoisotopic (exact) mass is 284 g/mol. The van der Waals surface area contributed by atoms with Gasteiger partial charge in [-0.05, 0) is 30.9 Å². The quantitative estimate of drug-likeness (QED) is 0.617. The van der Waals surface area contributed by atoms with E-state index in [1.165, 1.54) is 6.07 Å².